The maximum Gasteiger partial charge on any atom is 0.0669 e. The van der Waals surface area contributed by atoms with Crippen LogP contribution in [0.2, 0.25) is 0 Å². The lowest BCUT2D eigenvalue weighted by Crippen LogP contribution is -2.16. The van der Waals surface area contributed by atoms with Crippen LogP contribution in [-0.4, -0.2) is 29.5 Å². The molecular formula is C17H33N3O. The van der Waals surface area contributed by atoms with E-state index in [-0.39, 0.29) is 0 Å². The first-order valence-electron chi connectivity index (χ1n) is 8.64. The van der Waals surface area contributed by atoms with E-state index in [9.17, 15) is 0 Å². The van der Waals surface area contributed by atoms with Gasteiger partial charge in [0.05, 0.1) is 18.8 Å². The Kier molecular flexibility index (Phi) is 9.35. The Morgan fingerprint density at radius 2 is 1.86 bits per heavy atom. The molecule has 0 unspecified atom stereocenters. The SMILES string of the molecule is CCCCOCCn1nc(CC)c(CNCCC)c1CC. The third kappa shape index (κ3) is 5.79. The monoisotopic (exact) mass is 295 g/mol. The summed E-state index contributed by atoms with van der Waals surface area (Å²) in [7, 11) is 0. The van der Waals surface area contributed by atoms with Crippen molar-refractivity contribution in [3.63, 3.8) is 0 Å². The van der Waals surface area contributed by atoms with E-state index in [0.29, 0.717) is 0 Å². The molecule has 0 aliphatic rings. The summed E-state index contributed by atoms with van der Waals surface area (Å²) in [5.74, 6) is 0. The van der Waals surface area contributed by atoms with E-state index >= 15 is 0 Å². The molecule has 4 nitrogen and oxygen atoms in total. The van der Waals surface area contributed by atoms with Gasteiger partial charge in [0.15, 0.2) is 0 Å². The molecule has 0 saturated carbocycles. The van der Waals surface area contributed by atoms with E-state index < -0.39 is 0 Å². The molecule has 0 bridgehead atoms. The van der Waals surface area contributed by atoms with Gasteiger partial charge in [-0.2, -0.15) is 5.10 Å². The molecule has 0 atom stereocenters. The molecule has 21 heavy (non-hydrogen) atoms. The Morgan fingerprint density at radius 1 is 1.05 bits per heavy atom. The Labute approximate surface area is 130 Å². The fourth-order valence-electron chi connectivity index (χ4n) is 2.55. The molecule has 1 aromatic heterocycles. The van der Waals surface area contributed by atoms with Crippen molar-refractivity contribution in [3.8, 4) is 0 Å². The molecule has 0 radical (unpaired) electrons. The fraction of sp³-hybridized carbons (Fsp3) is 0.824. The van der Waals surface area contributed by atoms with Gasteiger partial charge in [-0.25, -0.2) is 0 Å². The summed E-state index contributed by atoms with van der Waals surface area (Å²) < 4.78 is 7.84. The largest absolute Gasteiger partial charge is 0.380 e. The van der Waals surface area contributed by atoms with Crippen LogP contribution >= 0.6 is 0 Å². The van der Waals surface area contributed by atoms with Gasteiger partial charge in [-0.3, -0.25) is 4.68 Å². The van der Waals surface area contributed by atoms with Gasteiger partial charge in [0.25, 0.3) is 0 Å². The predicted octanol–water partition coefficient (Wildman–Crippen LogP) is 3.32. The van der Waals surface area contributed by atoms with E-state index in [4.69, 9.17) is 9.84 Å². The second-order valence-electron chi connectivity index (χ2n) is 5.44. The molecule has 0 aliphatic heterocycles. The molecule has 0 aromatic carbocycles. The summed E-state index contributed by atoms with van der Waals surface area (Å²) in [6, 6.07) is 0. The average molecular weight is 295 g/mol. The first-order chi connectivity index (χ1) is 10.3. The number of aromatic nitrogens is 2. The number of hydrogen-bond donors (Lipinski definition) is 1. The highest BCUT2D eigenvalue weighted by Gasteiger charge is 2.14. The molecular weight excluding hydrogens is 262 g/mol. The van der Waals surface area contributed by atoms with Crippen molar-refractivity contribution in [2.75, 3.05) is 19.8 Å². The van der Waals surface area contributed by atoms with Gasteiger partial charge < -0.3 is 10.1 Å². The van der Waals surface area contributed by atoms with Gasteiger partial charge in [0.2, 0.25) is 0 Å². The minimum absolute atomic E-state index is 0.764. The maximum absolute atomic E-state index is 5.68. The number of aryl methyl sites for hydroxylation is 1. The van der Waals surface area contributed by atoms with Crippen LogP contribution in [0.1, 0.15) is 63.9 Å². The summed E-state index contributed by atoms with van der Waals surface area (Å²) in [4.78, 5) is 0. The summed E-state index contributed by atoms with van der Waals surface area (Å²) in [6.07, 6.45) is 5.54. The van der Waals surface area contributed by atoms with Crippen LogP contribution in [0, 0.1) is 0 Å². The second-order valence-corrected chi connectivity index (χ2v) is 5.44. The molecule has 1 heterocycles. The second kappa shape index (κ2) is 10.8. The third-order valence-electron chi connectivity index (χ3n) is 3.74. The molecule has 4 heteroatoms. The number of unbranched alkanes of at least 4 members (excludes halogenated alkanes) is 1. The highest BCUT2D eigenvalue weighted by Crippen LogP contribution is 2.16. The van der Waals surface area contributed by atoms with Gasteiger partial charge >= 0.3 is 0 Å². The first-order valence-corrected chi connectivity index (χ1v) is 8.64. The van der Waals surface area contributed by atoms with Gasteiger partial charge in [-0.15, -0.1) is 0 Å². The van der Waals surface area contributed by atoms with Gasteiger partial charge in [0, 0.05) is 24.4 Å². The minimum atomic E-state index is 0.764. The van der Waals surface area contributed by atoms with Crippen molar-refractivity contribution < 1.29 is 4.74 Å². The number of nitrogens with one attached hydrogen (secondary N) is 1. The van der Waals surface area contributed by atoms with Crippen LogP contribution in [0.5, 0.6) is 0 Å². The van der Waals surface area contributed by atoms with E-state index in [0.717, 1.165) is 52.1 Å². The quantitative estimate of drug-likeness (QED) is 0.601. The van der Waals surface area contributed by atoms with Crippen molar-refractivity contribution in [3.05, 3.63) is 17.0 Å². The summed E-state index contributed by atoms with van der Waals surface area (Å²) in [5.41, 5.74) is 4.01. The van der Waals surface area contributed by atoms with Crippen LogP contribution in [-0.2, 0) is 30.7 Å². The van der Waals surface area contributed by atoms with E-state index in [1.54, 1.807) is 0 Å². The van der Waals surface area contributed by atoms with Crippen molar-refractivity contribution >= 4 is 0 Å². The highest BCUT2D eigenvalue weighted by molar-refractivity contribution is 5.26. The average Bonchev–Trinajstić information content (AvgIpc) is 2.84. The predicted molar refractivity (Wildman–Crippen MR) is 88.7 cm³/mol. The standard InChI is InChI=1S/C17H33N3O/c1-5-9-12-21-13-11-20-17(8-4)15(14-18-10-6-2)16(7-3)19-20/h18H,5-14H2,1-4H3. The molecule has 1 rings (SSSR count). The molecule has 0 saturated heterocycles. The van der Waals surface area contributed by atoms with Gasteiger partial charge in [0.1, 0.15) is 0 Å². The number of rotatable bonds is 12. The highest BCUT2D eigenvalue weighted by atomic mass is 16.5. The number of hydrogen-bond acceptors (Lipinski definition) is 3. The summed E-state index contributed by atoms with van der Waals surface area (Å²) >= 11 is 0. The van der Waals surface area contributed by atoms with Crippen LogP contribution in [0.25, 0.3) is 0 Å². The van der Waals surface area contributed by atoms with Crippen LogP contribution in [0.15, 0.2) is 0 Å². The Bertz CT molecular complexity index is 388. The van der Waals surface area contributed by atoms with E-state index in [1.165, 1.54) is 29.8 Å². The minimum Gasteiger partial charge on any atom is -0.380 e. The maximum atomic E-state index is 5.68. The Balaban J connectivity index is 2.65. The van der Waals surface area contributed by atoms with Crippen molar-refractivity contribution in [2.45, 2.75) is 72.9 Å². The zero-order valence-corrected chi connectivity index (χ0v) is 14.4. The topological polar surface area (TPSA) is 39.1 Å². The van der Waals surface area contributed by atoms with E-state index in [2.05, 4.69) is 37.7 Å². The molecule has 0 aliphatic carbocycles. The lowest BCUT2D eigenvalue weighted by Gasteiger charge is -2.09. The number of ether oxygens (including phenoxy) is 1. The third-order valence-corrected chi connectivity index (χ3v) is 3.74. The van der Waals surface area contributed by atoms with Crippen molar-refractivity contribution in [1.29, 1.82) is 0 Å². The lowest BCUT2D eigenvalue weighted by molar-refractivity contribution is 0.120. The molecule has 0 fully saturated rings. The zero-order chi connectivity index (χ0) is 15.5. The van der Waals surface area contributed by atoms with Crippen molar-refractivity contribution in [1.82, 2.24) is 15.1 Å². The Morgan fingerprint density at radius 3 is 2.48 bits per heavy atom. The van der Waals surface area contributed by atoms with Crippen LogP contribution in [0.3, 0.4) is 0 Å². The molecule has 1 aromatic rings. The van der Waals surface area contributed by atoms with Crippen LogP contribution in [0.4, 0.5) is 0 Å². The van der Waals surface area contributed by atoms with Crippen LogP contribution < -0.4 is 5.32 Å². The molecule has 1 N–H and O–H groups in total. The zero-order valence-electron chi connectivity index (χ0n) is 14.4. The smallest absolute Gasteiger partial charge is 0.0669 e. The normalized spacial score (nSPS) is 11.2. The molecule has 122 valence electrons. The van der Waals surface area contributed by atoms with E-state index in [1.807, 2.05) is 0 Å². The molecule has 0 spiro atoms. The number of nitrogens with zero attached hydrogens (tertiary/aromatic N) is 2. The molecule has 0 amide bonds. The van der Waals surface area contributed by atoms with Crippen molar-refractivity contribution in [2.24, 2.45) is 0 Å². The summed E-state index contributed by atoms with van der Waals surface area (Å²) in [6.45, 7) is 13.3. The Hall–Kier alpha value is -0.870. The first kappa shape index (κ1) is 18.2. The van der Waals surface area contributed by atoms with Gasteiger partial charge in [-0.05, 0) is 32.2 Å². The van der Waals surface area contributed by atoms with Gasteiger partial charge in [-0.1, -0.05) is 34.1 Å². The summed E-state index contributed by atoms with van der Waals surface area (Å²) in [5, 5.41) is 8.31. The fourth-order valence-corrected chi connectivity index (χ4v) is 2.55. The lowest BCUT2D eigenvalue weighted by atomic mass is 10.1.